The highest BCUT2D eigenvalue weighted by molar-refractivity contribution is 7.22. The van der Waals surface area contributed by atoms with Gasteiger partial charge in [-0.3, -0.25) is 0 Å². The molecule has 1 N–H and O–H groups in total. The molecule has 0 atom stereocenters. The minimum absolute atomic E-state index is 0.559. The number of benzene rings is 1. The van der Waals surface area contributed by atoms with Crippen LogP contribution in [0.25, 0.3) is 10.2 Å². The molecule has 2 heterocycles. The van der Waals surface area contributed by atoms with Crippen molar-refractivity contribution in [3.05, 3.63) is 17.7 Å². The third kappa shape index (κ3) is 1.85. The van der Waals surface area contributed by atoms with Crippen molar-refractivity contribution in [3.63, 3.8) is 0 Å². The second kappa shape index (κ2) is 4.43. The van der Waals surface area contributed by atoms with E-state index in [4.69, 9.17) is 0 Å². The normalized spacial score (nSPS) is 15.2. The van der Waals surface area contributed by atoms with Crippen molar-refractivity contribution in [3.8, 4) is 0 Å². The summed E-state index contributed by atoms with van der Waals surface area (Å²) in [5.74, 6) is 0. The number of aryl methyl sites for hydroxylation is 1. The van der Waals surface area contributed by atoms with Gasteiger partial charge in [0.2, 0.25) is 0 Å². The van der Waals surface area contributed by atoms with E-state index in [1.54, 1.807) is 11.3 Å². The summed E-state index contributed by atoms with van der Waals surface area (Å²) in [6.07, 6.45) is 2.45. The number of aromatic nitrogens is 1. The summed E-state index contributed by atoms with van der Waals surface area (Å²) >= 11 is 1.74. The zero-order valence-electron chi connectivity index (χ0n) is 11.2. The second-order valence-corrected chi connectivity index (χ2v) is 6.14. The van der Waals surface area contributed by atoms with E-state index in [0.29, 0.717) is 6.04 Å². The summed E-state index contributed by atoms with van der Waals surface area (Å²) in [6, 6.07) is 5.16. The van der Waals surface area contributed by atoms with Crippen molar-refractivity contribution in [2.75, 3.05) is 23.8 Å². The van der Waals surface area contributed by atoms with Gasteiger partial charge in [0.05, 0.1) is 10.2 Å². The maximum Gasteiger partial charge on any atom is 0.183 e. The Labute approximate surface area is 112 Å². The number of hydrogen-bond acceptors (Lipinski definition) is 4. The minimum Gasteiger partial charge on any atom is -0.369 e. The zero-order valence-corrected chi connectivity index (χ0v) is 12.0. The van der Waals surface area contributed by atoms with Gasteiger partial charge in [-0.15, -0.1) is 0 Å². The Kier molecular flexibility index (Phi) is 2.90. The highest BCUT2D eigenvalue weighted by Crippen LogP contribution is 2.35. The standard InChI is InChI=1S/C14H19N3S/c1-9(2)17-6-4-5-10-7-13-11(8-12(10)17)16-14(15-3)18-13/h7-9H,4-6H2,1-3H3,(H,15,16). The molecule has 2 aromatic rings. The van der Waals surface area contributed by atoms with Crippen LogP contribution in [0.5, 0.6) is 0 Å². The third-order valence-electron chi connectivity index (χ3n) is 3.58. The van der Waals surface area contributed by atoms with Gasteiger partial charge in [0.25, 0.3) is 0 Å². The van der Waals surface area contributed by atoms with E-state index in [-0.39, 0.29) is 0 Å². The fourth-order valence-corrected chi connectivity index (χ4v) is 3.54. The molecule has 0 spiro atoms. The average Bonchev–Trinajstić information content (AvgIpc) is 2.76. The molecule has 1 aromatic heterocycles. The van der Waals surface area contributed by atoms with Gasteiger partial charge in [0.1, 0.15) is 0 Å². The first-order valence-corrected chi connectivity index (χ1v) is 7.38. The maximum absolute atomic E-state index is 4.61. The van der Waals surface area contributed by atoms with Crippen LogP contribution in [-0.4, -0.2) is 24.6 Å². The van der Waals surface area contributed by atoms with Crippen molar-refractivity contribution in [2.45, 2.75) is 32.7 Å². The predicted molar refractivity (Wildman–Crippen MR) is 80.0 cm³/mol. The highest BCUT2D eigenvalue weighted by atomic mass is 32.1. The van der Waals surface area contributed by atoms with Gasteiger partial charge < -0.3 is 10.2 Å². The molecule has 1 aromatic carbocycles. The lowest BCUT2D eigenvalue weighted by Crippen LogP contribution is -2.35. The summed E-state index contributed by atoms with van der Waals surface area (Å²) in [4.78, 5) is 7.11. The third-order valence-corrected chi connectivity index (χ3v) is 4.62. The largest absolute Gasteiger partial charge is 0.369 e. The minimum atomic E-state index is 0.559. The molecule has 0 bridgehead atoms. The van der Waals surface area contributed by atoms with E-state index in [2.05, 4.69) is 41.2 Å². The van der Waals surface area contributed by atoms with Gasteiger partial charge in [-0.25, -0.2) is 4.98 Å². The second-order valence-electron chi connectivity index (χ2n) is 5.11. The molecule has 0 saturated carbocycles. The summed E-state index contributed by atoms with van der Waals surface area (Å²) in [5.41, 5.74) is 3.99. The van der Waals surface area contributed by atoms with Gasteiger partial charge in [-0.05, 0) is 44.4 Å². The van der Waals surface area contributed by atoms with Gasteiger partial charge in [0.15, 0.2) is 5.13 Å². The van der Waals surface area contributed by atoms with Crippen molar-refractivity contribution in [2.24, 2.45) is 0 Å². The van der Waals surface area contributed by atoms with E-state index < -0.39 is 0 Å². The summed E-state index contributed by atoms with van der Waals surface area (Å²) < 4.78 is 1.30. The molecule has 0 unspecified atom stereocenters. The molecular weight excluding hydrogens is 242 g/mol. The van der Waals surface area contributed by atoms with Crippen molar-refractivity contribution >= 4 is 32.4 Å². The summed E-state index contributed by atoms with van der Waals surface area (Å²) in [6.45, 7) is 5.69. The van der Waals surface area contributed by atoms with Crippen molar-refractivity contribution in [1.82, 2.24) is 4.98 Å². The van der Waals surface area contributed by atoms with Gasteiger partial charge in [-0.2, -0.15) is 0 Å². The fourth-order valence-electron chi connectivity index (χ4n) is 2.68. The molecule has 1 aliphatic heterocycles. The molecule has 3 rings (SSSR count). The van der Waals surface area contributed by atoms with Crippen LogP contribution in [-0.2, 0) is 6.42 Å². The SMILES string of the molecule is CNc1nc2cc3c(cc2s1)CCCN3C(C)C. The van der Waals surface area contributed by atoms with Crippen LogP contribution < -0.4 is 10.2 Å². The Morgan fingerprint density at radius 2 is 2.22 bits per heavy atom. The van der Waals surface area contributed by atoms with Crippen LogP contribution in [0.15, 0.2) is 12.1 Å². The molecule has 1 aliphatic rings. The molecule has 3 nitrogen and oxygen atoms in total. The molecule has 0 fully saturated rings. The van der Waals surface area contributed by atoms with E-state index in [1.807, 2.05) is 7.05 Å². The van der Waals surface area contributed by atoms with Crippen LogP contribution in [0.4, 0.5) is 10.8 Å². The first-order valence-electron chi connectivity index (χ1n) is 6.57. The smallest absolute Gasteiger partial charge is 0.183 e. The van der Waals surface area contributed by atoms with E-state index >= 15 is 0 Å². The molecule has 18 heavy (non-hydrogen) atoms. The number of anilines is 2. The lowest BCUT2D eigenvalue weighted by Gasteiger charge is -2.34. The quantitative estimate of drug-likeness (QED) is 0.897. The van der Waals surface area contributed by atoms with Crippen LogP contribution in [0, 0.1) is 0 Å². The molecule has 0 amide bonds. The molecule has 4 heteroatoms. The molecule has 0 saturated heterocycles. The monoisotopic (exact) mass is 261 g/mol. The first-order chi connectivity index (χ1) is 8.69. The topological polar surface area (TPSA) is 28.2 Å². The molecule has 0 radical (unpaired) electrons. The Morgan fingerprint density at radius 1 is 1.39 bits per heavy atom. The zero-order chi connectivity index (χ0) is 12.7. The summed E-state index contributed by atoms with van der Waals surface area (Å²) in [5, 5.41) is 4.14. The molecular formula is C14H19N3S. The lowest BCUT2D eigenvalue weighted by atomic mass is 10.00. The fraction of sp³-hybridized carbons (Fsp3) is 0.500. The van der Waals surface area contributed by atoms with E-state index in [0.717, 1.165) is 10.6 Å². The van der Waals surface area contributed by atoms with Crippen molar-refractivity contribution < 1.29 is 0 Å². The predicted octanol–water partition coefficient (Wildman–Crippen LogP) is 3.50. The Bertz CT molecular complexity index is 574. The Hall–Kier alpha value is -1.29. The van der Waals surface area contributed by atoms with E-state index in [1.165, 1.54) is 35.3 Å². The Balaban J connectivity index is 2.14. The number of rotatable bonds is 2. The van der Waals surface area contributed by atoms with Crippen LogP contribution in [0.1, 0.15) is 25.8 Å². The van der Waals surface area contributed by atoms with Crippen molar-refractivity contribution in [1.29, 1.82) is 0 Å². The lowest BCUT2D eigenvalue weighted by molar-refractivity contribution is 0.626. The first kappa shape index (κ1) is 11.8. The number of nitrogens with zero attached hydrogens (tertiary/aromatic N) is 2. The molecule has 0 aliphatic carbocycles. The summed E-state index contributed by atoms with van der Waals surface area (Å²) in [7, 11) is 1.93. The van der Waals surface area contributed by atoms with Crippen LogP contribution >= 0.6 is 11.3 Å². The van der Waals surface area contributed by atoms with Gasteiger partial charge >= 0.3 is 0 Å². The average molecular weight is 261 g/mol. The van der Waals surface area contributed by atoms with Gasteiger partial charge in [0, 0.05) is 25.3 Å². The Morgan fingerprint density at radius 3 is 2.94 bits per heavy atom. The van der Waals surface area contributed by atoms with Gasteiger partial charge in [-0.1, -0.05) is 11.3 Å². The number of hydrogen-bond donors (Lipinski definition) is 1. The van der Waals surface area contributed by atoms with Crippen LogP contribution in [0.2, 0.25) is 0 Å². The number of nitrogens with one attached hydrogen (secondary N) is 1. The van der Waals surface area contributed by atoms with Crippen LogP contribution in [0.3, 0.4) is 0 Å². The van der Waals surface area contributed by atoms with E-state index in [9.17, 15) is 0 Å². The number of thiazole rings is 1. The number of fused-ring (bicyclic) bond motifs is 2. The molecule has 96 valence electrons. The maximum atomic E-state index is 4.61. The highest BCUT2D eigenvalue weighted by Gasteiger charge is 2.20.